The fraction of sp³-hybridized carbons (Fsp3) is 0.529. The summed E-state index contributed by atoms with van der Waals surface area (Å²) >= 11 is -0.966. The van der Waals surface area contributed by atoms with Gasteiger partial charge >= 0.3 is 0 Å². The Hall–Kier alpha value is -1.37. The molecule has 1 fully saturated rings. The Balaban J connectivity index is 1.80. The van der Waals surface area contributed by atoms with Crippen molar-refractivity contribution in [3.8, 4) is 0 Å². The van der Waals surface area contributed by atoms with Gasteiger partial charge in [0, 0.05) is 31.6 Å². The summed E-state index contributed by atoms with van der Waals surface area (Å²) in [5.74, 6) is 0.864. The largest absolute Gasteiger partial charge is 0.611 e. The molecule has 6 heteroatoms. The molecule has 0 saturated carbocycles. The fourth-order valence-corrected chi connectivity index (χ4v) is 3.67. The summed E-state index contributed by atoms with van der Waals surface area (Å²) in [5.41, 5.74) is 0.708. The van der Waals surface area contributed by atoms with E-state index in [1.54, 1.807) is 24.3 Å². The van der Waals surface area contributed by atoms with Gasteiger partial charge in [0.25, 0.3) is 0 Å². The molecule has 1 unspecified atom stereocenters. The molecule has 0 radical (unpaired) electrons. The molecule has 0 aromatic heterocycles. The van der Waals surface area contributed by atoms with Gasteiger partial charge in [0.05, 0.1) is 6.54 Å². The summed E-state index contributed by atoms with van der Waals surface area (Å²) in [6.07, 6.45) is 3.04. The van der Waals surface area contributed by atoms with Gasteiger partial charge in [0.2, 0.25) is 5.91 Å². The van der Waals surface area contributed by atoms with Gasteiger partial charge in [-0.2, -0.15) is 0 Å². The molecule has 5 nitrogen and oxygen atoms in total. The molecule has 1 aliphatic rings. The Labute approximate surface area is 140 Å². The zero-order valence-electron chi connectivity index (χ0n) is 13.5. The van der Waals surface area contributed by atoms with Crippen molar-refractivity contribution in [3.05, 3.63) is 24.3 Å². The highest BCUT2D eigenvalue weighted by molar-refractivity contribution is 7.91. The first kappa shape index (κ1) is 18.0. The molecular formula is C17H24N2O3S. The number of carbonyl (C=O) groups excluding carboxylic acids is 2. The molecule has 126 valence electrons. The number of hydrogen-bond acceptors (Lipinski definition) is 4. The van der Waals surface area contributed by atoms with Crippen LogP contribution in [0, 0.1) is 0 Å². The standard InChI is InChI=1S/C17H24N2O3S/c1-2-3-12-23(22)16-6-4-14(5-7-16)18-17(21)13-19-10-8-15(20)9-11-19/h4-7H,2-3,8-13H2,1H3,(H,18,21). The van der Waals surface area contributed by atoms with E-state index < -0.39 is 11.2 Å². The summed E-state index contributed by atoms with van der Waals surface area (Å²) in [5, 5.41) is 2.85. The van der Waals surface area contributed by atoms with E-state index in [1.165, 1.54) is 0 Å². The minimum Gasteiger partial charge on any atom is -0.611 e. The molecule has 23 heavy (non-hydrogen) atoms. The highest BCUT2D eigenvalue weighted by atomic mass is 32.2. The Morgan fingerprint density at radius 2 is 1.91 bits per heavy atom. The average molecular weight is 336 g/mol. The van der Waals surface area contributed by atoms with Crippen molar-refractivity contribution in [3.63, 3.8) is 0 Å². The number of hydrogen-bond donors (Lipinski definition) is 1. The normalized spacial score (nSPS) is 17.0. The number of nitrogens with zero attached hydrogens (tertiary/aromatic N) is 1. The number of anilines is 1. The van der Waals surface area contributed by atoms with Crippen LogP contribution in [0.5, 0.6) is 0 Å². The number of nitrogens with one attached hydrogen (secondary N) is 1. The fourth-order valence-electron chi connectivity index (χ4n) is 2.45. The van der Waals surface area contributed by atoms with Crippen LogP contribution < -0.4 is 5.32 Å². The second-order valence-corrected chi connectivity index (χ2v) is 7.36. The van der Waals surface area contributed by atoms with Crippen LogP contribution in [0.2, 0.25) is 0 Å². The third-order valence-corrected chi connectivity index (χ3v) is 5.32. The van der Waals surface area contributed by atoms with Crippen LogP contribution >= 0.6 is 0 Å². The third kappa shape index (κ3) is 5.97. The maximum absolute atomic E-state index is 12.0. The van der Waals surface area contributed by atoms with Crippen molar-refractivity contribution >= 4 is 28.6 Å². The summed E-state index contributed by atoms with van der Waals surface area (Å²) < 4.78 is 12.0. The smallest absolute Gasteiger partial charge is 0.238 e. The zero-order chi connectivity index (χ0) is 16.7. The maximum atomic E-state index is 12.0. The molecule has 1 saturated heterocycles. The number of benzene rings is 1. The van der Waals surface area contributed by atoms with E-state index in [2.05, 4.69) is 12.2 Å². The molecule has 0 aliphatic carbocycles. The summed E-state index contributed by atoms with van der Waals surface area (Å²) in [6.45, 7) is 3.69. The molecule has 2 rings (SSSR count). The van der Waals surface area contributed by atoms with E-state index >= 15 is 0 Å². The van der Waals surface area contributed by atoms with E-state index in [-0.39, 0.29) is 11.7 Å². The number of amides is 1. The van der Waals surface area contributed by atoms with Crippen LogP contribution in [-0.4, -0.2) is 46.5 Å². The molecule has 1 N–H and O–H groups in total. The lowest BCUT2D eigenvalue weighted by Gasteiger charge is -2.24. The lowest BCUT2D eigenvalue weighted by molar-refractivity contribution is -0.124. The van der Waals surface area contributed by atoms with Gasteiger partial charge in [-0.05, 0) is 41.9 Å². The quantitative estimate of drug-likeness (QED) is 0.775. The number of unbranched alkanes of at least 4 members (excludes halogenated alkanes) is 1. The first-order valence-electron chi connectivity index (χ1n) is 8.11. The number of ketones is 1. The lowest BCUT2D eigenvalue weighted by Crippen LogP contribution is -2.39. The number of Topliss-reactive ketones (excluding diaryl/α,β-unsaturated/α-hetero) is 1. The van der Waals surface area contributed by atoms with Crippen LogP contribution in [0.3, 0.4) is 0 Å². The van der Waals surface area contributed by atoms with Crippen molar-refractivity contribution in [2.45, 2.75) is 37.5 Å². The van der Waals surface area contributed by atoms with Gasteiger partial charge in [-0.15, -0.1) is 0 Å². The molecule has 1 aliphatic heterocycles. The summed E-state index contributed by atoms with van der Waals surface area (Å²) in [4.78, 5) is 26.0. The maximum Gasteiger partial charge on any atom is 0.238 e. The van der Waals surface area contributed by atoms with Crippen molar-refractivity contribution in [2.24, 2.45) is 0 Å². The molecule has 0 bridgehead atoms. The van der Waals surface area contributed by atoms with Gasteiger partial charge in [0.1, 0.15) is 11.5 Å². The first-order valence-corrected chi connectivity index (χ1v) is 9.42. The van der Waals surface area contributed by atoms with Crippen LogP contribution in [0.15, 0.2) is 29.2 Å². The van der Waals surface area contributed by atoms with Crippen LogP contribution in [0.25, 0.3) is 0 Å². The van der Waals surface area contributed by atoms with Crippen LogP contribution in [0.1, 0.15) is 32.6 Å². The Bertz CT molecular complexity index is 523. The number of carbonyl (C=O) groups is 2. The van der Waals surface area contributed by atoms with Crippen LogP contribution in [0.4, 0.5) is 5.69 Å². The lowest BCUT2D eigenvalue weighted by atomic mass is 10.1. The van der Waals surface area contributed by atoms with E-state index in [1.807, 2.05) is 4.90 Å². The highest BCUT2D eigenvalue weighted by Crippen LogP contribution is 2.16. The number of rotatable bonds is 7. The third-order valence-electron chi connectivity index (χ3n) is 3.87. The van der Waals surface area contributed by atoms with Crippen molar-refractivity contribution in [1.29, 1.82) is 0 Å². The average Bonchev–Trinajstić information content (AvgIpc) is 2.55. The van der Waals surface area contributed by atoms with Crippen molar-refractivity contribution < 1.29 is 14.1 Å². The minimum absolute atomic E-state index is 0.0841. The van der Waals surface area contributed by atoms with Crippen LogP contribution in [-0.2, 0) is 20.8 Å². The molecule has 1 aromatic carbocycles. The minimum atomic E-state index is -0.966. The number of likely N-dealkylation sites (tertiary alicyclic amines) is 1. The Morgan fingerprint density at radius 3 is 2.52 bits per heavy atom. The molecule has 1 aromatic rings. The molecule has 1 heterocycles. The topological polar surface area (TPSA) is 72.5 Å². The van der Waals surface area contributed by atoms with Crippen molar-refractivity contribution in [1.82, 2.24) is 4.90 Å². The zero-order valence-corrected chi connectivity index (χ0v) is 14.4. The molecule has 0 spiro atoms. The molecular weight excluding hydrogens is 312 g/mol. The van der Waals surface area contributed by atoms with E-state index in [4.69, 9.17) is 0 Å². The van der Waals surface area contributed by atoms with E-state index in [9.17, 15) is 14.1 Å². The van der Waals surface area contributed by atoms with Gasteiger partial charge in [0.15, 0.2) is 4.90 Å². The Morgan fingerprint density at radius 1 is 1.26 bits per heavy atom. The van der Waals surface area contributed by atoms with Gasteiger partial charge < -0.3 is 9.87 Å². The first-order chi connectivity index (χ1) is 11.1. The predicted molar refractivity (Wildman–Crippen MR) is 91.9 cm³/mol. The molecule has 1 atom stereocenters. The second kappa shape index (κ2) is 9.05. The monoisotopic (exact) mass is 336 g/mol. The highest BCUT2D eigenvalue weighted by Gasteiger charge is 2.18. The SMILES string of the molecule is CCCC[S+]([O-])c1ccc(NC(=O)CN2CCC(=O)CC2)cc1. The second-order valence-electron chi connectivity index (χ2n) is 5.79. The predicted octanol–water partition coefficient (Wildman–Crippen LogP) is 2.20. The Kier molecular flexibility index (Phi) is 7.08. The molecule has 1 amide bonds. The van der Waals surface area contributed by atoms with Gasteiger partial charge in [-0.25, -0.2) is 0 Å². The summed E-state index contributed by atoms with van der Waals surface area (Å²) in [6, 6.07) is 7.19. The van der Waals surface area contributed by atoms with Gasteiger partial charge in [-0.1, -0.05) is 13.3 Å². The van der Waals surface area contributed by atoms with E-state index in [0.717, 1.165) is 17.7 Å². The summed E-state index contributed by atoms with van der Waals surface area (Å²) in [7, 11) is 0. The van der Waals surface area contributed by atoms with E-state index in [0.29, 0.717) is 43.9 Å². The van der Waals surface area contributed by atoms with Crippen molar-refractivity contribution in [2.75, 3.05) is 30.7 Å². The van der Waals surface area contributed by atoms with Gasteiger partial charge in [-0.3, -0.25) is 14.5 Å². The number of piperidine rings is 1.